The van der Waals surface area contributed by atoms with Crippen LogP contribution in [0.2, 0.25) is 0 Å². The fourth-order valence-electron chi connectivity index (χ4n) is 3.59. The maximum atomic E-state index is 13.2. The number of hydrogen-bond acceptors (Lipinski definition) is 6. The Bertz CT molecular complexity index is 1220. The molecule has 0 unspecified atom stereocenters. The number of methoxy groups -OCH3 is 1. The number of carbonyl (C=O) groups is 1. The SMILES string of the molecule is COc1ccc(C(=O)O)cc1S(=O)(=O)Nc1ccc(C)c(S(=O)(=O)N2CCCCCC2)c1. The van der Waals surface area contributed by atoms with E-state index in [-0.39, 0.29) is 26.8 Å². The van der Waals surface area contributed by atoms with Crippen LogP contribution in [0.15, 0.2) is 46.2 Å². The van der Waals surface area contributed by atoms with E-state index in [9.17, 15) is 26.7 Å². The van der Waals surface area contributed by atoms with Crippen LogP contribution in [0.25, 0.3) is 0 Å². The Balaban J connectivity index is 1.98. The number of sulfonamides is 2. The van der Waals surface area contributed by atoms with Crippen LogP contribution >= 0.6 is 0 Å². The lowest BCUT2D eigenvalue weighted by Crippen LogP contribution is -2.32. The van der Waals surface area contributed by atoms with Gasteiger partial charge in [0, 0.05) is 13.1 Å². The summed E-state index contributed by atoms with van der Waals surface area (Å²) in [6.45, 7) is 2.51. The summed E-state index contributed by atoms with van der Waals surface area (Å²) >= 11 is 0. The minimum absolute atomic E-state index is 0.0332. The zero-order valence-corrected chi connectivity index (χ0v) is 19.5. The zero-order valence-electron chi connectivity index (χ0n) is 17.9. The first-order valence-corrected chi connectivity index (χ1v) is 13.0. The molecule has 11 heteroatoms. The van der Waals surface area contributed by atoms with E-state index in [0.717, 1.165) is 31.7 Å². The minimum Gasteiger partial charge on any atom is -0.495 e. The standard InChI is InChI=1S/C21H26N2O7S2/c1-15-7-9-17(14-19(15)32(28,29)23-11-5-3-4-6-12-23)22-31(26,27)20-13-16(21(24)25)8-10-18(20)30-2/h7-10,13-14,22H,3-6,11-12H2,1-2H3,(H,24,25). The second-order valence-electron chi connectivity index (χ2n) is 7.57. The molecule has 1 heterocycles. The van der Waals surface area contributed by atoms with Gasteiger partial charge in [-0.1, -0.05) is 18.9 Å². The van der Waals surface area contributed by atoms with Gasteiger partial charge < -0.3 is 9.84 Å². The summed E-state index contributed by atoms with van der Waals surface area (Å²) in [5.74, 6) is -1.32. The van der Waals surface area contributed by atoms with Gasteiger partial charge in [0.25, 0.3) is 10.0 Å². The number of carboxylic acid groups (broad SMARTS) is 1. The summed E-state index contributed by atoms with van der Waals surface area (Å²) in [6.07, 6.45) is 3.51. The summed E-state index contributed by atoms with van der Waals surface area (Å²) < 4.78 is 61.3. The van der Waals surface area contributed by atoms with Gasteiger partial charge in [0.1, 0.15) is 10.6 Å². The molecule has 1 saturated heterocycles. The van der Waals surface area contributed by atoms with Crippen LogP contribution < -0.4 is 9.46 Å². The van der Waals surface area contributed by atoms with Crippen molar-refractivity contribution >= 4 is 31.7 Å². The topological polar surface area (TPSA) is 130 Å². The number of anilines is 1. The molecular formula is C21H26N2O7S2. The van der Waals surface area contributed by atoms with Gasteiger partial charge in [-0.3, -0.25) is 4.72 Å². The average molecular weight is 483 g/mol. The predicted molar refractivity (Wildman–Crippen MR) is 119 cm³/mol. The Labute approximate surface area is 188 Å². The van der Waals surface area contributed by atoms with Crippen molar-refractivity contribution < 1.29 is 31.5 Å². The molecule has 0 spiro atoms. The number of rotatable bonds is 7. The van der Waals surface area contributed by atoms with Gasteiger partial charge in [0.05, 0.1) is 23.3 Å². The lowest BCUT2D eigenvalue weighted by atomic mass is 10.2. The third-order valence-corrected chi connectivity index (χ3v) is 8.77. The highest BCUT2D eigenvalue weighted by molar-refractivity contribution is 7.92. The molecule has 1 fully saturated rings. The van der Waals surface area contributed by atoms with E-state index in [1.165, 1.54) is 41.7 Å². The fraction of sp³-hybridized carbons (Fsp3) is 0.381. The highest BCUT2D eigenvalue weighted by Gasteiger charge is 2.28. The molecule has 0 saturated carbocycles. The number of aryl methyl sites for hydroxylation is 1. The summed E-state index contributed by atoms with van der Waals surface area (Å²) in [7, 11) is -6.79. The maximum Gasteiger partial charge on any atom is 0.335 e. The first-order chi connectivity index (χ1) is 15.1. The van der Waals surface area contributed by atoms with Gasteiger partial charge >= 0.3 is 5.97 Å². The number of nitrogens with one attached hydrogen (secondary N) is 1. The zero-order chi connectivity index (χ0) is 23.5. The van der Waals surface area contributed by atoms with E-state index in [4.69, 9.17) is 4.74 Å². The van der Waals surface area contributed by atoms with Crippen molar-refractivity contribution in [2.24, 2.45) is 0 Å². The number of hydrogen-bond donors (Lipinski definition) is 2. The van der Waals surface area contributed by atoms with E-state index in [1.54, 1.807) is 6.92 Å². The molecule has 0 atom stereocenters. The molecule has 0 radical (unpaired) electrons. The van der Waals surface area contributed by atoms with Gasteiger partial charge in [0.2, 0.25) is 10.0 Å². The van der Waals surface area contributed by atoms with Crippen molar-refractivity contribution in [3.05, 3.63) is 47.5 Å². The predicted octanol–water partition coefficient (Wildman–Crippen LogP) is 3.07. The Morgan fingerprint density at radius 1 is 0.969 bits per heavy atom. The van der Waals surface area contributed by atoms with E-state index in [0.29, 0.717) is 18.7 Å². The summed E-state index contributed by atoms with van der Waals surface area (Å²) in [4.78, 5) is 10.9. The van der Waals surface area contributed by atoms with Gasteiger partial charge in [0.15, 0.2) is 0 Å². The summed E-state index contributed by atoms with van der Waals surface area (Å²) in [5, 5.41) is 9.20. The Morgan fingerprint density at radius 3 is 2.22 bits per heavy atom. The minimum atomic E-state index is -4.26. The molecule has 1 aliphatic heterocycles. The lowest BCUT2D eigenvalue weighted by molar-refractivity contribution is 0.0696. The molecule has 174 valence electrons. The number of carboxylic acids is 1. The normalized spacial score (nSPS) is 15.7. The molecule has 9 nitrogen and oxygen atoms in total. The molecule has 2 aromatic rings. The van der Waals surface area contributed by atoms with Crippen LogP contribution in [0.4, 0.5) is 5.69 Å². The van der Waals surface area contributed by atoms with Crippen molar-refractivity contribution in [3.63, 3.8) is 0 Å². The van der Waals surface area contributed by atoms with E-state index in [2.05, 4.69) is 4.72 Å². The quantitative estimate of drug-likeness (QED) is 0.620. The Kier molecular flexibility index (Phi) is 7.11. The molecule has 2 aromatic carbocycles. The van der Waals surface area contributed by atoms with Crippen LogP contribution in [0.5, 0.6) is 5.75 Å². The monoisotopic (exact) mass is 482 g/mol. The van der Waals surface area contributed by atoms with Crippen molar-refractivity contribution in [2.75, 3.05) is 24.9 Å². The molecule has 1 aliphatic rings. The Hall–Kier alpha value is -2.63. The molecule has 0 aromatic heterocycles. The van der Waals surface area contributed by atoms with Gasteiger partial charge in [-0.05, 0) is 55.7 Å². The number of ether oxygens (including phenoxy) is 1. The first kappa shape index (κ1) is 24.0. The molecule has 32 heavy (non-hydrogen) atoms. The first-order valence-electron chi connectivity index (χ1n) is 10.1. The summed E-state index contributed by atoms with van der Waals surface area (Å²) in [6, 6.07) is 7.77. The van der Waals surface area contributed by atoms with Crippen molar-refractivity contribution in [2.45, 2.75) is 42.4 Å². The highest BCUT2D eigenvalue weighted by atomic mass is 32.2. The molecule has 0 aliphatic carbocycles. The second kappa shape index (κ2) is 9.47. The highest BCUT2D eigenvalue weighted by Crippen LogP contribution is 2.30. The number of nitrogens with zero attached hydrogens (tertiary/aromatic N) is 1. The largest absolute Gasteiger partial charge is 0.495 e. The average Bonchev–Trinajstić information content (AvgIpc) is 3.04. The van der Waals surface area contributed by atoms with Crippen molar-refractivity contribution in [1.82, 2.24) is 4.31 Å². The lowest BCUT2D eigenvalue weighted by Gasteiger charge is -2.21. The molecule has 0 bridgehead atoms. The number of benzene rings is 2. The van der Waals surface area contributed by atoms with Crippen molar-refractivity contribution in [1.29, 1.82) is 0 Å². The molecular weight excluding hydrogens is 456 g/mol. The maximum absolute atomic E-state index is 13.2. The van der Waals surface area contributed by atoms with Crippen LogP contribution in [-0.4, -0.2) is 52.4 Å². The smallest absolute Gasteiger partial charge is 0.335 e. The van der Waals surface area contributed by atoms with Crippen LogP contribution in [-0.2, 0) is 20.0 Å². The number of aromatic carboxylic acids is 1. The third-order valence-electron chi connectivity index (χ3n) is 5.32. The van der Waals surface area contributed by atoms with Gasteiger partial charge in [-0.25, -0.2) is 21.6 Å². The second-order valence-corrected chi connectivity index (χ2v) is 11.1. The van der Waals surface area contributed by atoms with Crippen LogP contribution in [0, 0.1) is 6.92 Å². The van der Waals surface area contributed by atoms with Gasteiger partial charge in [-0.15, -0.1) is 0 Å². The van der Waals surface area contributed by atoms with Gasteiger partial charge in [-0.2, -0.15) is 4.31 Å². The Morgan fingerprint density at radius 2 is 1.62 bits per heavy atom. The molecule has 3 rings (SSSR count). The van der Waals surface area contributed by atoms with Crippen LogP contribution in [0.3, 0.4) is 0 Å². The summed E-state index contributed by atoms with van der Waals surface area (Å²) in [5.41, 5.74) is 0.328. The fourth-order valence-corrected chi connectivity index (χ4v) is 6.61. The third kappa shape index (κ3) is 5.05. The molecule has 2 N–H and O–H groups in total. The van der Waals surface area contributed by atoms with E-state index >= 15 is 0 Å². The van der Waals surface area contributed by atoms with E-state index < -0.39 is 26.0 Å². The van der Waals surface area contributed by atoms with Crippen molar-refractivity contribution in [3.8, 4) is 5.75 Å². The molecule has 0 amide bonds. The van der Waals surface area contributed by atoms with E-state index in [1.807, 2.05) is 0 Å². The van der Waals surface area contributed by atoms with Crippen LogP contribution in [0.1, 0.15) is 41.6 Å².